The van der Waals surface area contributed by atoms with Crippen LogP contribution < -0.4 is 0 Å². The van der Waals surface area contributed by atoms with Crippen molar-refractivity contribution in [2.45, 2.75) is 24.8 Å². The summed E-state index contributed by atoms with van der Waals surface area (Å²) < 4.78 is 2.07. The maximum absolute atomic E-state index is 6.08. The van der Waals surface area contributed by atoms with Crippen LogP contribution in [0.15, 0.2) is 72.1 Å². The number of benzene rings is 2. The Morgan fingerprint density at radius 3 is 2.36 bits per heavy atom. The van der Waals surface area contributed by atoms with Gasteiger partial charge in [-0.1, -0.05) is 41.6 Å². The number of aromatic nitrogens is 4. The summed E-state index contributed by atoms with van der Waals surface area (Å²) in [6.07, 6.45) is 3.52. The molecule has 0 aliphatic carbocycles. The largest absolute Gasteiger partial charge is 0.270 e. The van der Waals surface area contributed by atoms with E-state index in [4.69, 9.17) is 11.6 Å². The Labute approximate surface area is 173 Å². The second-order valence-electron chi connectivity index (χ2n) is 6.56. The van der Waals surface area contributed by atoms with E-state index in [1.165, 1.54) is 16.7 Å². The third-order valence-corrected chi connectivity index (χ3v) is 5.85. The van der Waals surface area contributed by atoms with E-state index >= 15 is 0 Å². The molecular formula is C22H19ClN4S. The molecule has 0 N–H and O–H groups in total. The summed E-state index contributed by atoms with van der Waals surface area (Å²) in [6.45, 7) is 4.27. The number of thioether (sulfide) groups is 1. The molecule has 0 amide bonds. The minimum atomic E-state index is 0.701. The third-order valence-electron chi connectivity index (χ3n) is 4.60. The molecule has 4 rings (SSSR count). The Balaban J connectivity index is 1.71. The summed E-state index contributed by atoms with van der Waals surface area (Å²) in [7, 11) is 0. The van der Waals surface area contributed by atoms with Gasteiger partial charge >= 0.3 is 0 Å². The van der Waals surface area contributed by atoms with Crippen molar-refractivity contribution in [3.63, 3.8) is 0 Å². The van der Waals surface area contributed by atoms with Crippen molar-refractivity contribution in [2.75, 3.05) is 0 Å². The highest BCUT2D eigenvalue weighted by Crippen LogP contribution is 2.30. The molecule has 140 valence electrons. The normalized spacial score (nSPS) is 11.0. The molecule has 2 heterocycles. The molecule has 0 atom stereocenters. The van der Waals surface area contributed by atoms with Crippen molar-refractivity contribution in [2.24, 2.45) is 0 Å². The van der Waals surface area contributed by atoms with Gasteiger partial charge in [0.05, 0.1) is 0 Å². The number of aryl methyl sites for hydroxylation is 2. The number of halogens is 1. The van der Waals surface area contributed by atoms with Gasteiger partial charge in [-0.25, -0.2) is 0 Å². The van der Waals surface area contributed by atoms with Crippen LogP contribution in [0.3, 0.4) is 0 Å². The van der Waals surface area contributed by atoms with Gasteiger partial charge in [-0.3, -0.25) is 9.55 Å². The van der Waals surface area contributed by atoms with Crippen LogP contribution >= 0.6 is 23.4 Å². The zero-order valence-electron chi connectivity index (χ0n) is 15.6. The standard InChI is InChI=1S/C22H19ClN4S/c1-15-3-4-17(13-16(15)2)14-28-22-26-25-21(18-9-11-24-12-10-18)27(22)20-7-5-19(23)6-8-20/h3-13H,14H2,1-2H3. The predicted molar refractivity (Wildman–Crippen MR) is 115 cm³/mol. The average molecular weight is 407 g/mol. The number of pyridine rings is 1. The molecule has 0 radical (unpaired) electrons. The lowest BCUT2D eigenvalue weighted by Gasteiger charge is -2.11. The first kappa shape index (κ1) is 18.7. The molecule has 2 aromatic carbocycles. The number of nitrogens with zero attached hydrogens (tertiary/aromatic N) is 4. The van der Waals surface area contributed by atoms with Crippen LogP contribution in [0.25, 0.3) is 17.1 Å². The van der Waals surface area contributed by atoms with E-state index in [0.29, 0.717) is 5.02 Å². The molecule has 2 aromatic heterocycles. The van der Waals surface area contributed by atoms with Crippen LogP contribution in [0.1, 0.15) is 16.7 Å². The first-order valence-electron chi connectivity index (χ1n) is 8.92. The van der Waals surface area contributed by atoms with E-state index in [9.17, 15) is 0 Å². The van der Waals surface area contributed by atoms with Crippen LogP contribution in [0.4, 0.5) is 0 Å². The molecule has 0 fully saturated rings. The third kappa shape index (κ3) is 3.96. The Morgan fingerprint density at radius 1 is 0.893 bits per heavy atom. The lowest BCUT2D eigenvalue weighted by atomic mass is 10.1. The lowest BCUT2D eigenvalue weighted by molar-refractivity contribution is 0.886. The Kier molecular flexibility index (Phi) is 5.46. The van der Waals surface area contributed by atoms with E-state index in [1.54, 1.807) is 24.2 Å². The topological polar surface area (TPSA) is 43.6 Å². The molecule has 0 aliphatic rings. The molecule has 0 bridgehead atoms. The van der Waals surface area contributed by atoms with Gasteiger partial charge in [-0.15, -0.1) is 10.2 Å². The van der Waals surface area contributed by atoms with Crippen LogP contribution in [0.2, 0.25) is 5.02 Å². The Morgan fingerprint density at radius 2 is 1.64 bits per heavy atom. The van der Waals surface area contributed by atoms with E-state index < -0.39 is 0 Å². The van der Waals surface area contributed by atoms with E-state index in [0.717, 1.165) is 28.0 Å². The van der Waals surface area contributed by atoms with Crippen LogP contribution in [-0.2, 0) is 5.75 Å². The lowest BCUT2D eigenvalue weighted by Crippen LogP contribution is -2.00. The van der Waals surface area contributed by atoms with Gasteiger partial charge in [-0.05, 0) is 66.9 Å². The maximum Gasteiger partial charge on any atom is 0.196 e. The van der Waals surface area contributed by atoms with Crippen molar-refractivity contribution in [3.8, 4) is 17.1 Å². The highest BCUT2D eigenvalue weighted by atomic mass is 35.5. The molecular weight excluding hydrogens is 388 g/mol. The molecule has 0 spiro atoms. The molecule has 6 heteroatoms. The fraction of sp³-hybridized carbons (Fsp3) is 0.136. The maximum atomic E-state index is 6.08. The van der Waals surface area contributed by atoms with Crippen molar-refractivity contribution >= 4 is 23.4 Å². The van der Waals surface area contributed by atoms with Crippen molar-refractivity contribution in [1.82, 2.24) is 19.7 Å². The zero-order chi connectivity index (χ0) is 19.5. The number of hydrogen-bond acceptors (Lipinski definition) is 4. The highest BCUT2D eigenvalue weighted by Gasteiger charge is 2.16. The molecule has 0 saturated carbocycles. The van der Waals surface area contributed by atoms with Gasteiger partial charge in [0.2, 0.25) is 0 Å². The van der Waals surface area contributed by atoms with Crippen molar-refractivity contribution in [1.29, 1.82) is 0 Å². The van der Waals surface area contributed by atoms with Gasteiger partial charge in [0.15, 0.2) is 11.0 Å². The molecule has 4 nitrogen and oxygen atoms in total. The molecule has 28 heavy (non-hydrogen) atoms. The van der Waals surface area contributed by atoms with Gasteiger partial charge in [-0.2, -0.15) is 0 Å². The van der Waals surface area contributed by atoms with E-state index in [-0.39, 0.29) is 0 Å². The molecule has 0 unspecified atom stereocenters. The minimum Gasteiger partial charge on any atom is -0.270 e. The number of rotatable bonds is 5. The smallest absolute Gasteiger partial charge is 0.196 e. The van der Waals surface area contributed by atoms with Crippen LogP contribution in [0.5, 0.6) is 0 Å². The summed E-state index contributed by atoms with van der Waals surface area (Å²) in [5.41, 5.74) is 5.82. The second-order valence-corrected chi connectivity index (χ2v) is 7.94. The summed E-state index contributed by atoms with van der Waals surface area (Å²) in [5.74, 6) is 1.61. The second kappa shape index (κ2) is 8.17. The minimum absolute atomic E-state index is 0.701. The molecule has 0 aliphatic heterocycles. The monoisotopic (exact) mass is 406 g/mol. The molecule has 0 saturated heterocycles. The first-order valence-corrected chi connectivity index (χ1v) is 10.3. The highest BCUT2D eigenvalue weighted by molar-refractivity contribution is 7.98. The first-order chi connectivity index (χ1) is 13.6. The summed E-state index contributed by atoms with van der Waals surface area (Å²) in [5, 5.41) is 10.5. The zero-order valence-corrected chi connectivity index (χ0v) is 17.2. The van der Waals surface area contributed by atoms with Gasteiger partial charge < -0.3 is 0 Å². The summed E-state index contributed by atoms with van der Waals surface area (Å²) in [6, 6.07) is 18.2. The fourth-order valence-corrected chi connectivity index (χ4v) is 3.94. The summed E-state index contributed by atoms with van der Waals surface area (Å²) >= 11 is 7.75. The number of hydrogen-bond donors (Lipinski definition) is 0. The Bertz CT molecular complexity index is 1090. The fourth-order valence-electron chi connectivity index (χ4n) is 2.92. The van der Waals surface area contributed by atoms with Crippen LogP contribution in [-0.4, -0.2) is 19.7 Å². The van der Waals surface area contributed by atoms with E-state index in [1.807, 2.05) is 36.4 Å². The summed E-state index contributed by atoms with van der Waals surface area (Å²) in [4.78, 5) is 4.10. The van der Waals surface area contributed by atoms with Crippen molar-refractivity contribution in [3.05, 3.63) is 88.7 Å². The predicted octanol–water partition coefficient (Wildman–Crippen LogP) is 5.89. The van der Waals surface area contributed by atoms with Gasteiger partial charge in [0, 0.05) is 34.4 Å². The quantitative estimate of drug-likeness (QED) is 0.387. The van der Waals surface area contributed by atoms with Gasteiger partial charge in [0.1, 0.15) is 0 Å². The van der Waals surface area contributed by atoms with Crippen molar-refractivity contribution < 1.29 is 0 Å². The van der Waals surface area contributed by atoms with E-state index in [2.05, 4.69) is 51.8 Å². The SMILES string of the molecule is Cc1ccc(CSc2nnc(-c3ccncc3)n2-c2ccc(Cl)cc2)cc1C. The molecule has 4 aromatic rings. The average Bonchev–Trinajstić information content (AvgIpc) is 3.14. The van der Waals surface area contributed by atoms with Gasteiger partial charge in [0.25, 0.3) is 0 Å². The van der Waals surface area contributed by atoms with Crippen LogP contribution in [0, 0.1) is 13.8 Å². The Hall–Kier alpha value is -2.63.